The summed E-state index contributed by atoms with van der Waals surface area (Å²) in [6.07, 6.45) is 0. The lowest BCUT2D eigenvalue weighted by atomic mass is 10.3. The van der Waals surface area contributed by atoms with Gasteiger partial charge in [-0.2, -0.15) is 0 Å². The Bertz CT molecular complexity index is 323. The summed E-state index contributed by atoms with van der Waals surface area (Å²) >= 11 is 0. The van der Waals surface area contributed by atoms with E-state index in [1.165, 1.54) is 39.5 Å². The third-order valence-corrected chi connectivity index (χ3v) is 3.85. The number of phenolic OH excluding ortho intramolecular Hbond substituents is 2. The standard InChI is InChI=1S/C9H14O6Si/c1-12-16(13-2,14-3)15-9-5-7(10)4-8(11)6-9/h4-6,10-11H,1-3H3. The summed E-state index contributed by atoms with van der Waals surface area (Å²) in [7, 11) is 0.946. The summed E-state index contributed by atoms with van der Waals surface area (Å²) < 4.78 is 20.5. The van der Waals surface area contributed by atoms with E-state index in [-0.39, 0.29) is 17.2 Å². The van der Waals surface area contributed by atoms with Crippen LogP contribution in [0.1, 0.15) is 0 Å². The third kappa shape index (κ3) is 2.86. The lowest BCUT2D eigenvalue weighted by Gasteiger charge is -2.23. The zero-order valence-electron chi connectivity index (χ0n) is 9.26. The SMILES string of the molecule is CO[Si](OC)(OC)Oc1cc(O)cc(O)c1. The first-order chi connectivity index (χ1) is 7.55. The molecule has 7 heteroatoms. The largest absolute Gasteiger partial charge is 0.748 e. The summed E-state index contributed by atoms with van der Waals surface area (Å²) in [5.74, 6) is -0.0443. The number of phenols is 2. The minimum Gasteiger partial charge on any atom is -0.508 e. The van der Waals surface area contributed by atoms with Gasteiger partial charge in [-0.05, 0) is 0 Å². The Morgan fingerprint density at radius 1 is 0.875 bits per heavy atom. The molecular weight excluding hydrogens is 232 g/mol. The highest BCUT2D eigenvalue weighted by Gasteiger charge is 2.45. The zero-order chi connectivity index (χ0) is 12.2. The minimum atomic E-state index is -3.23. The van der Waals surface area contributed by atoms with Gasteiger partial charge in [-0.3, -0.25) is 0 Å². The molecule has 1 aromatic carbocycles. The van der Waals surface area contributed by atoms with Gasteiger partial charge in [-0.1, -0.05) is 0 Å². The number of benzene rings is 1. The first-order valence-electron chi connectivity index (χ1n) is 4.42. The first kappa shape index (κ1) is 12.8. The fraction of sp³-hybridized carbons (Fsp3) is 0.333. The Morgan fingerprint density at radius 3 is 1.69 bits per heavy atom. The fourth-order valence-electron chi connectivity index (χ4n) is 1.15. The first-order valence-corrected chi connectivity index (χ1v) is 6.06. The Morgan fingerprint density at radius 2 is 1.31 bits per heavy atom. The van der Waals surface area contributed by atoms with Crippen LogP contribution in [0.3, 0.4) is 0 Å². The highest BCUT2D eigenvalue weighted by Crippen LogP contribution is 2.27. The summed E-state index contributed by atoms with van der Waals surface area (Å²) in [4.78, 5) is 0. The second-order valence-electron chi connectivity index (χ2n) is 2.90. The van der Waals surface area contributed by atoms with E-state index in [0.717, 1.165) is 0 Å². The molecular formula is C9H14O6Si. The topological polar surface area (TPSA) is 77.4 Å². The van der Waals surface area contributed by atoms with Gasteiger partial charge in [-0.25, -0.2) is 0 Å². The molecule has 0 bridgehead atoms. The quantitative estimate of drug-likeness (QED) is 0.750. The molecule has 0 atom stereocenters. The van der Waals surface area contributed by atoms with E-state index in [4.69, 9.17) is 17.7 Å². The highest BCUT2D eigenvalue weighted by molar-refractivity contribution is 6.54. The van der Waals surface area contributed by atoms with Gasteiger partial charge in [-0.15, -0.1) is 0 Å². The van der Waals surface area contributed by atoms with Crippen molar-refractivity contribution in [2.24, 2.45) is 0 Å². The molecule has 0 saturated heterocycles. The summed E-state index contributed by atoms with van der Waals surface area (Å²) in [6, 6.07) is 3.82. The van der Waals surface area contributed by atoms with E-state index in [9.17, 15) is 10.2 Å². The lowest BCUT2D eigenvalue weighted by Crippen LogP contribution is -2.49. The van der Waals surface area contributed by atoms with Gasteiger partial charge in [0.15, 0.2) is 0 Å². The Hall–Kier alpha value is -1.28. The molecule has 0 aliphatic carbocycles. The van der Waals surface area contributed by atoms with Crippen LogP contribution in [-0.4, -0.2) is 40.6 Å². The highest BCUT2D eigenvalue weighted by atomic mass is 28.4. The average Bonchev–Trinajstić information content (AvgIpc) is 2.25. The van der Waals surface area contributed by atoms with E-state index in [0.29, 0.717) is 0 Å². The van der Waals surface area contributed by atoms with Crippen molar-refractivity contribution < 1.29 is 27.9 Å². The van der Waals surface area contributed by atoms with Crippen LogP contribution < -0.4 is 4.43 Å². The van der Waals surface area contributed by atoms with Crippen molar-refractivity contribution in [2.75, 3.05) is 21.3 Å². The monoisotopic (exact) mass is 246 g/mol. The predicted octanol–water partition coefficient (Wildman–Crippen LogP) is 0.851. The molecule has 1 aromatic rings. The molecule has 0 aliphatic rings. The van der Waals surface area contributed by atoms with Crippen LogP contribution in [0.15, 0.2) is 18.2 Å². The van der Waals surface area contributed by atoms with Crippen molar-refractivity contribution in [1.29, 1.82) is 0 Å². The number of aromatic hydroxyl groups is 2. The maximum atomic E-state index is 9.26. The molecule has 0 heterocycles. The van der Waals surface area contributed by atoms with Crippen LogP contribution >= 0.6 is 0 Å². The number of hydrogen-bond donors (Lipinski definition) is 2. The van der Waals surface area contributed by atoms with Gasteiger partial charge in [0.2, 0.25) is 0 Å². The van der Waals surface area contributed by atoms with Gasteiger partial charge in [0.05, 0.1) is 0 Å². The fourth-order valence-corrected chi connectivity index (χ4v) is 2.30. The molecule has 0 aliphatic heterocycles. The van der Waals surface area contributed by atoms with Gasteiger partial charge < -0.3 is 27.9 Å². The molecule has 0 saturated carbocycles. The summed E-state index contributed by atoms with van der Waals surface area (Å²) in [5.41, 5.74) is 0. The second-order valence-corrected chi connectivity index (χ2v) is 5.33. The summed E-state index contributed by atoms with van der Waals surface area (Å²) in [5, 5.41) is 18.5. The maximum Gasteiger partial charge on any atom is 0.748 e. The van der Waals surface area contributed by atoms with Crippen LogP contribution in [0.25, 0.3) is 0 Å². The Kier molecular flexibility index (Phi) is 4.13. The van der Waals surface area contributed by atoms with Gasteiger partial charge in [0.1, 0.15) is 17.2 Å². The molecule has 0 radical (unpaired) electrons. The molecule has 0 amide bonds. The molecule has 0 unspecified atom stereocenters. The smallest absolute Gasteiger partial charge is 0.508 e. The molecule has 1 rings (SSSR count). The average molecular weight is 246 g/mol. The third-order valence-electron chi connectivity index (χ3n) is 1.87. The van der Waals surface area contributed by atoms with Crippen LogP contribution in [-0.2, 0) is 13.3 Å². The van der Waals surface area contributed by atoms with Gasteiger partial charge >= 0.3 is 9.05 Å². The molecule has 90 valence electrons. The summed E-state index contributed by atoms with van der Waals surface area (Å²) in [6.45, 7) is 0. The minimum absolute atomic E-state index is 0.124. The van der Waals surface area contributed by atoms with E-state index in [2.05, 4.69) is 0 Å². The Labute approximate surface area is 94.4 Å². The van der Waals surface area contributed by atoms with Crippen molar-refractivity contribution in [3.8, 4) is 17.2 Å². The van der Waals surface area contributed by atoms with E-state index in [1.54, 1.807) is 0 Å². The zero-order valence-corrected chi connectivity index (χ0v) is 10.3. The van der Waals surface area contributed by atoms with E-state index >= 15 is 0 Å². The van der Waals surface area contributed by atoms with Gasteiger partial charge in [0.25, 0.3) is 0 Å². The van der Waals surface area contributed by atoms with Crippen molar-refractivity contribution in [2.45, 2.75) is 0 Å². The van der Waals surface area contributed by atoms with Crippen molar-refractivity contribution in [3.05, 3.63) is 18.2 Å². The molecule has 6 nitrogen and oxygen atoms in total. The molecule has 2 N–H and O–H groups in total. The Balaban J connectivity index is 2.93. The van der Waals surface area contributed by atoms with Gasteiger partial charge in [0, 0.05) is 39.5 Å². The number of rotatable bonds is 5. The molecule has 0 aromatic heterocycles. The van der Waals surface area contributed by atoms with E-state index in [1.807, 2.05) is 0 Å². The lowest BCUT2D eigenvalue weighted by molar-refractivity contribution is 0.0509. The molecule has 0 spiro atoms. The van der Waals surface area contributed by atoms with Crippen LogP contribution in [0.5, 0.6) is 17.2 Å². The van der Waals surface area contributed by atoms with E-state index < -0.39 is 9.05 Å². The van der Waals surface area contributed by atoms with Crippen LogP contribution in [0.4, 0.5) is 0 Å². The molecule has 0 fully saturated rings. The number of hydrogen-bond acceptors (Lipinski definition) is 6. The molecule has 16 heavy (non-hydrogen) atoms. The van der Waals surface area contributed by atoms with Crippen molar-refractivity contribution >= 4 is 9.05 Å². The predicted molar refractivity (Wildman–Crippen MR) is 57.2 cm³/mol. The normalized spacial score (nSPS) is 11.4. The second kappa shape index (κ2) is 5.17. The maximum absolute atomic E-state index is 9.26. The van der Waals surface area contributed by atoms with Crippen molar-refractivity contribution in [1.82, 2.24) is 0 Å². The van der Waals surface area contributed by atoms with Crippen LogP contribution in [0.2, 0.25) is 0 Å². The van der Waals surface area contributed by atoms with Crippen LogP contribution in [0, 0.1) is 0 Å². The van der Waals surface area contributed by atoms with Crippen molar-refractivity contribution in [3.63, 3.8) is 0 Å².